The zero-order chi connectivity index (χ0) is 14.4. The maximum Gasteiger partial charge on any atom is 0.311 e. The number of hydrogen-bond donors (Lipinski definition) is 2. The molecule has 0 aromatic heterocycles. The van der Waals surface area contributed by atoms with Gasteiger partial charge in [-0.1, -0.05) is 0 Å². The molecule has 110 valence electrons. The Kier molecular flexibility index (Phi) is 4.84. The Morgan fingerprint density at radius 1 is 1.35 bits per heavy atom. The van der Waals surface area contributed by atoms with Crippen LogP contribution in [0.3, 0.4) is 0 Å². The van der Waals surface area contributed by atoms with Crippen molar-refractivity contribution in [2.45, 2.75) is 19.3 Å². The predicted molar refractivity (Wildman–Crippen MR) is 75.3 cm³/mol. The maximum atomic E-state index is 11.5. The molecule has 5 heteroatoms. The van der Waals surface area contributed by atoms with Gasteiger partial charge in [-0.05, 0) is 50.1 Å². The highest BCUT2D eigenvalue weighted by Gasteiger charge is 2.39. The minimum absolute atomic E-state index is 0.403. The molecule has 0 amide bonds. The van der Waals surface area contributed by atoms with Gasteiger partial charge in [0.05, 0.1) is 19.1 Å². The maximum absolute atomic E-state index is 11.5. The van der Waals surface area contributed by atoms with Crippen molar-refractivity contribution in [3.8, 4) is 11.5 Å². The largest absolute Gasteiger partial charge is 0.497 e. The third kappa shape index (κ3) is 3.42. The van der Waals surface area contributed by atoms with Gasteiger partial charge in [0.15, 0.2) is 0 Å². The molecule has 0 spiro atoms. The molecule has 1 atom stereocenters. The molecule has 2 N–H and O–H groups in total. The van der Waals surface area contributed by atoms with Crippen LogP contribution >= 0.6 is 0 Å². The minimum atomic E-state index is -0.733. The van der Waals surface area contributed by atoms with Crippen LogP contribution in [0.15, 0.2) is 24.3 Å². The number of hydrogen-bond acceptors (Lipinski definition) is 4. The lowest BCUT2D eigenvalue weighted by Crippen LogP contribution is -2.46. The van der Waals surface area contributed by atoms with Gasteiger partial charge in [-0.2, -0.15) is 0 Å². The van der Waals surface area contributed by atoms with Crippen molar-refractivity contribution in [2.75, 3.05) is 26.8 Å². The number of nitrogens with one attached hydrogen (secondary N) is 1. The first kappa shape index (κ1) is 14.7. The summed E-state index contributed by atoms with van der Waals surface area (Å²) in [6, 6.07) is 7.30. The molecule has 1 saturated heterocycles. The van der Waals surface area contributed by atoms with Crippen molar-refractivity contribution in [3.63, 3.8) is 0 Å². The number of carboxylic acid groups (broad SMARTS) is 1. The number of benzene rings is 1. The average Bonchev–Trinajstić information content (AvgIpc) is 2.49. The van der Waals surface area contributed by atoms with Crippen LogP contribution in [0.2, 0.25) is 0 Å². The molecule has 1 aliphatic heterocycles. The fourth-order valence-electron chi connectivity index (χ4n) is 2.51. The Balaban J connectivity index is 1.88. The standard InChI is InChI=1S/C15H21NO4/c1-19-12-3-5-13(6-4-12)20-10-8-15(14(17)18)7-2-9-16-11-15/h3-6,16H,2,7-11H2,1H3,(H,17,18). The first-order chi connectivity index (χ1) is 9.66. The molecular formula is C15H21NO4. The summed E-state index contributed by atoms with van der Waals surface area (Å²) in [4.78, 5) is 11.5. The van der Waals surface area contributed by atoms with Crippen molar-refractivity contribution < 1.29 is 19.4 Å². The minimum Gasteiger partial charge on any atom is -0.497 e. The number of methoxy groups -OCH3 is 1. The van der Waals surface area contributed by atoms with E-state index in [4.69, 9.17) is 9.47 Å². The second-order valence-corrected chi connectivity index (χ2v) is 5.14. The second kappa shape index (κ2) is 6.61. The van der Waals surface area contributed by atoms with Crippen LogP contribution in [0, 0.1) is 5.41 Å². The van der Waals surface area contributed by atoms with Gasteiger partial charge in [-0.15, -0.1) is 0 Å². The van der Waals surface area contributed by atoms with E-state index in [1.807, 2.05) is 24.3 Å². The van der Waals surface area contributed by atoms with E-state index in [-0.39, 0.29) is 0 Å². The van der Waals surface area contributed by atoms with E-state index in [0.29, 0.717) is 26.0 Å². The summed E-state index contributed by atoms with van der Waals surface area (Å²) >= 11 is 0. The molecular weight excluding hydrogens is 258 g/mol. The molecule has 1 aromatic carbocycles. The molecule has 1 unspecified atom stereocenters. The summed E-state index contributed by atoms with van der Waals surface area (Å²) in [7, 11) is 1.61. The summed E-state index contributed by atoms with van der Waals surface area (Å²) in [6.07, 6.45) is 2.12. The van der Waals surface area contributed by atoms with Crippen LogP contribution in [0.5, 0.6) is 11.5 Å². The van der Waals surface area contributed by atoms with Crippen LogP contribution < -0.4 is 14.8 Å². The van der Waals surface area contributed by atoms with Crippen molar-refractivity contribution >= 4 is 5.97 Å². The summed E-state index contributed by atoms with van der Waals surface area (Å²) in [5.74, 6) is 0.772. The van der Waals surface area contributed by atoms with Crippen molar-refractivity contribution in [2.24, 2.45) is 5.41 Å². The Hall–Kier alpha value is -1.75. The average molecular weight is 279 g/mol. The molecule has 20 heavy (non-hydrogen) atoms. The fourth-order valence-corrected chi connectivity index (χ4v) is 2.51. The zero-order valence-electron chi connectivity index (χ0n) is 11.7. The van der Waals surface area contributed by atoms with E-state index in [0.717, 1.165) is 24.5 Å². The van der Waals surface area contributed by atoms with Crippen molar-refractivity contribution in [1.29, 1.82) is 0 Å². The SMILES string of the molecule is COc1ccc(OCCC2(C(=O)O)CCCNC2)cc1. The third-order valence-electron chi connectivity index (χ3n) is 3.83. The second-order valence-electron chi connectivity index (χ2n) is 5.14. The quantitative estimate of drug-likeness (QED) is 0.832. The Morgan fingerprint density at radius 3 is 2.60 bits per heavy atom. The lowest BCUT2D eigenvalue weighted by molar-refractivity contribution is -0.151. The first-order valence-electron chi connectivity index (χ1n) is 6.87. The van der Waals surface area contributed by atoms with Gasteiger partial charge >= 0.3 is 5.97 Å². The Labute approximate surface area is 118 Å². The van der Waals surface area contributed by atoms with Gasteiger partial charge in [0, 0.05) is 6.54 Å². The third-order valence-corrected chi connectivity index (χ3v) is 3.83. The fraction of sp³-hybridized carbons (Fsp3) is 0.533. The number of piperidine rings is 1. The topological polar surface area (TPSA) is 67.8 Å². The monoisotopic (exact) mass is 279 g/mol. The first-order valence-corrected chi connectivity index (χ1v) is 6.87. The number of carbonyl (C=O) groups is 1. The Morgan fingerprint density at radius 2 is 2.05 bits per heavy atom. The van der Waals surface area contributed by atoms with Crippen molar-refractivity contribution in [3.05, 3.63) is 24.3 Å². The molecule has 1 aromatic rings. The van der Waals surface area contributed by atoms with Crippen LogP contribution in [0.4, 0.5) is 0 Å². The molecule has 0 saturated carbocycles. The number of aliphatic carboxylic acids is 1. The highest BCUT2D eigenvalue weighted by molar-refractivity contribution is 5.75. The van der Waals surface area contributed by atoms with E-state index in [1.54, 1.807) is 7.11 Å². The van der Waals surface area contributed by atoms with Crippen LogP contribution in [0.1, 0.15) is 19.3 Å². The molecule has 1 heterocycles. The predicted octanol–water partition coefficient (Wildman–Crippen LogP) is 1.92. The summed E-state index contributed by atoms with van der Waals surface area (Å²) in [5.41, 5.74) is -0.690. The Bertz CT molecular complexity index is 438. The number of rotatable bonds is 6. The molecule has 0 bridgehead atoms. The highest BCUT2D eigenvalue weighted by atomic mass is 16.5. The number of ether oxygens (including phenoxy) is 2. The summed E-state index contributed by atoms with van der Waals surface area (Å²) < 4.78 is 10.7. The van der Waals surface area contributed by atoms with Crippen LogP contribution in [0.25, 0.3) is 0 Å². The molecule has 5 nitrogen and oxygen atoms in total. The highest BCUT2D eigenvalue weighted by Crippen LogP contribution is 2.31. The molecule has 1 aliphatic rings. The van der Waals surface area contributed by atoms with Gasteiger partial charge in [-0.25, -0.2) is 0 Å². The summed E-state index contributed by atoms with van der Waals surface area (Å²) in [6.45, 7) is 1.82. The van der Waals surface area contributed by atoms with Gasteiger partial charge < -0.3 is 19.9 Å². The van der Waals surface area contributed by atoms with Gasteiger partial charge in [0.1, 0.15) is 11.5 Å². The van der Waals surface area contributed by atoms with E-state index >= 15 is 0 Å². The molecule has 0 aliphatic carbocycles. The van der Waals surface area contributed by atoms with Gasteiger partial charge in [0.2, 0.25) is 0 Å². The van der Waals surface area contributed by atoms with E-state index in [2.05, 4.69) is 5.32 Å². The van der Waals surface area contributed by atoms with E-state index < -0.39 is 11.4 Å². The van der Waals surface area contributed by atoms with Crippen LogP contribution in [-0.4, -0.2) is 37.9 Å². The number of carboxylic acids is 1. The van der Waals surface area contributed by atoms with Gasteiger partial charge in [0.25, 0.3) is 0 Å². The van der Waals surface area contributed by atoms with Gasteiger partial charge in [-0.3, -0.25) is 4.79 Å². The zero-order valence-corrected chi connectivity index (χ0v) is 11.7. The van der Waals surface area contributed by atoms with Crippen LogP contribution in [-0.2, 0) is 4.79 Å². The lowest BCUT2D eigenvalue weighted by Gasteiger charge is -2.33. The van der Waals surface area contributed by atoms with E-state index in [1.165, 1.54) is 0 Å². The van der Waals surface area contributed by atoms with E-state index in [9.17, 15) is 9.90 Å². The normalized spacial score (nSPS) is 22.2. The molecule has 1 fully saturated rings. The molecule has 2 rings (SSSR count). The lowest BCUT2D eigenvalue weighted by atomic mass is 9.78. The smallest absolute Gasteiger partial charge is 0.311 e. The summed E-state index contributed by atoms with van der Waals surface area (Å²) in [5, 5.41) is 12.6. The molecule has 0 radical (unpaired) electrons. The van der Waals surface area contributed by atoms with Crippen molar-refractivity contribution in [1.82, 2.24) is 5.32 Å².